The van der Waals surface area contributed by atoms with Crippen LogP contribution in [-0.2, 0) is 16.0 Å². The zero-order valence-electron chi connectivity index (χ0n) is 19.6. The molecule has 2 aliphatic heterocycles. The maximum absolute atomic E-state index is 13.6. The molecule has 0 bridgehead atoms. The van der Waals surface area contributed by atoms with Gasteiger partial charge in [-0.2, -0.15) is 5.26 Å². The number of nitriles is 1. The lowest BCUT2D eigenvalue weighted by molar-refractivity contribution is -0.124. The van der Waals surface area contributed by atoms with Gasteiger partial charge in [-0.3, -0.25) is 14.6 Å². The summed E-state index contributed by atoms with van der Waals surface area (Å²) in [4.78, 5) is 29.4. The fraction of sp³-hybridized carbons (Fsp3) is 0.333. The van der Waals surface area contributed by atoms with Crippen molar-refractivity contribution in [2.75, 3.05) is 13.1 Å². The van der Waals surface area contributed by atoms with Gasteiger partial charge in [-0.1, -0.05) is 43.3 Å². The maximum Gasteiger partial charge on any atom is 0.231 e. The number of hydrogen-bond acceptors (Lipinski definition) is 4. The molecule has 2 aromatic rings. The van der Waals surface area contributed by atoms with E-state index in [1.54, 1.807) is 18.2 Å². The second-order valence-electron chi connectivity index (χ2n) is 8.89. The second kappa shape index (κ2) is 11.0. The molecule has 180 valence electrons. The summed E-state index contributed by atoms with van der Waals surface area (Å²) in [5.74, 6) is -0.720. The number of carbonyl (C=O) groups excluding carboxylic acids is 2. The fourth-order valence-electron chi connectivity index (χ4n) is 4.50. The number of halogens is 1. The van der Waals surface area contributed by atoms with Crippen molar-refractivity contribution in [3.8, 4) is 6.07 Å². The third-order valence-electron chi connectivity index (χ3n) is 6.31. The molecule has 3 N–H and O–H groups in total. The monoisotopic (exact) mass is 473 g/mol. The van der Waals surface area contributed by atoms with Crippen LogP contribution < -0.4 is 16.0 Å². The number of rotatable bonds is 7. The molecule has 8 heteroatoms. The number of allylic oxidation sites excluding steroid dienone is 1. The molecule has 2 heterocycles. The summed E-state index contributed by atoms with van der Waals surface area (Å²) in [6.07, 6.45) is 3.64. The van der Waals surface area contributed by atoms with Crippen molar-refractivity contribution in [3.05, 3.63) is 77.1 Å². The first-order chi connectivity index (χ1) is 16.9. The zero-order chi connectivity index (χ0) is 24.8. The summed E-state index contributed by atoms with van der Waals surface area (Å²) < 4.78 is 13.6. The Morgan fingerprint density at radius 3 is 2.83 bits per heavy atom. The molecule has 7 nitrogen and oxygen atoms in total. The third-order valence-corrected chi connectivity index (χ3v) is 6.31. The van der Waals surface area contributed by atoms with Crippen LogP contribution in [0.15, 0.2) is 59.6 Å². The van der Waals surface area contributed by atoms with Crippen LogP contribution in [0.5, 0.6) is 0 Å². The Kier molecular flexibility index (Phi) is 7.56. The zero-order valence-corrected chi connectivity index (χ0v) is 19.6. The average molecular weight is 474 g/mol. The normalized spacial score (nSPS) is 22.7. The third kappa shape index (κ3) is 5.93. The number of amides is 2. The highest BCUT2D eigenvalue weighted by Gasteiger charge is 2.34. The quantitative estimate of drug-likeness (QED) is 0.575. The van der Waals surface area contributed by atoms with Crippen LogP contribution >= 0.6 is 0 Å². The predicted molar refractivity (Wildman–Crippen MR) is 132 cm³/mol. The molecular weight excluding hydrogens is 445 g/mol. The summed E-state index contributed by atoms with van der Waals surface area (Å²) >= 11 is 0. The van der Waals surface area contributed by atoms with Crippen LogP contribution in [-0.4, -0.2) is 36.8 Å². The smallest absolute Gasteiger partial charge is 0.231 e. The topological polar surface area (TPSA) is 106 Å². The molecule has 3 atom stereocenters. The second-order valence-corrected chi connectivity index (χ2v) is 8.89. The molecule has 2 aliphatic rings. The molecule has 0 spiro atoms. The fourth-order valence-corrected chi connectivity index (χ4v) is 4.50. The van der Waals surface area contributed by atoms with Crippen molar-refractivity contribution in [3.63, 3.8) is 0 Å². The van der Waals surface area contributed by atoms with Gasteiger partial charge in [0.25, 0.3) is 0 Å². The Balaban J connectivity index is 1.56. The highest BCUT2D eigenvalue weighted by molar-refractivity contribution is 6.08. The van der Waals surface area contributed by atoms with Crippen LogP contribution in [0.1, 0.15) is 36.5 Å². The van der Waals surface area contributed by atoms with E-state index < -0.39 is 5.92 Å². The van der Waals surface area contributed by atoms with E-state index in [0.717, 1.165) is 16.8 Å². The Morgan fingerprint density at radius 1 is 1.26 bits per heavy atom. The lowest BCUT2D eigenvalue weighted by atomic mass is 9.86. The van der Waals surface area contributed by atoms with Crippen molar-refractivity contribution >= 4 is 23.3 Å². The highest BCUT2D eigenvalue weighted by Crippen LogP contribution is 2.28. The lowest BCUT2D eigenvalue weighted by Crippen LogP contribution is -2.49. The van der Waals surface area contributed by atoms with Crippen LogP contribution in [0.2, 0.25) is 0 Å². The van der Waals surface area contributed by atoms with E-state index in [1.807, 2.05) is 31.2 Å². The first-order valence-corrected chi connectivity index (χ1v) is 11.8. The van der Waals surface area contributed by atoms with Gasteiger partial charge in [0.1, 0.15) is 17.6 Å². The Labute approximate surface area is 204 Å². The minimum absolute atomic E-state index is 0.000263. The minimum Gasteiger partial charge on any atom is -0.353 e. The Hall–Kier alpha value is -3.99. The van der Waals surface area contributed by atoms with Gasteiger partial charge in [0.15, 0.2) is 0 Å². The molecular formula is C27H28FN5O2. The van der Waals surface area contributed by atoms with E-state index in [0.29, 0.717) is 43.8 Å². The molecule has 0 aromatic heterocycles. The minimum atomic E-state index is -0.558. The summed E-state index contributed by atoms with van der Waals surface area (Å²) in [6.45, 7) is 2.67. The van der Waals surface area contributed by atoms with E-state index in [4.69, 9.17) is 4.99 Å². The van der Waals surface area contributed by atoms with Crippen LogP contribution in [0.3, 0.4) is 0 Å². The molecule has 2 amide bonds. The number of benzene rings is 2. The first kappa shape index (κ1) is 24.1. The van der Waals surface area contributed by atoms with E-state index in [-0.39, 0.29) is 29.6 Å². The van der Waals surface area contributed by atoms with Crippen molar-refractivity contribution < 1.29 is 14.0 Å². The summed E-state index contributed by atoms with van der Waals surface area (Å²) in [5, 5.41) is 18.7. The van der Waals surface area contributed by atoms with Crippen LogP contribution in [0, 0.1) is 29.0 Å². The van der Waals surface area contributed by atoms with Crippen molar-refractivity contribution in [1.29, 1.82) is 5.26 Å². The molecule has 4 rings (SSSR count). The molecule has 2 aromatic carbocycles. The molecule has 2 unspecified atom stereocenters. The Bertz CT molecular complexity index is 1220. The number of nitrogens with zero attached hydrogens (tertiary/aromatic N) is 2. The molecule has 1 saturated heterocycles. The lowest BCUT2D eigenvalue weighted by Gasteiger charge is -2.31. The van der Waals surface area contributed by atoms with Crippen LogP contribution in [0.25, 0.3) is 5.70 Å². The van der Waals surface area contributed by atoms with Gasteiger partial charge >= 0.3 is 0 Å². The number of hydrogen-bond donors (Lipinski definition) is 3. The van der Waals surface area contributed by atoms with Crippen molar-refractivity contribution in [2.45, 2.75) is 32.2 Å². The SMILES string of the molecule is CC1C=C(c2ccccc2C#N)NC(=NCCc2cccc(F)c2)C1C(=O)NC[C@H]1CCC(=O)N1. The molecule has 0 saturated carbocycles. The number of amidine groups is 1. The largest absolute Gasteiger partial charge is 0.353 e. The van der Waals surface area contributed by atoms with Gasteiger partial charge in [-0.25, -0.2) is 4.39 Å². The summed E-state index contributed by atoms with van der Waals surface area (Å²) in [6, 6.07) is 15.8. The van der Waals surface area contributed by atoms with E-state index >= 15 is 0 Å². The molecule has 35 heavy (non-hydrogen) atoms. The van der Waals surface area contributed by atoms with Gasteiger partial charge in [0, 0.05) is 36.8 Å². The van der Waals surface area contributed by atoms with Gasteiger partial charge < -0.3 is 16.0 Å². The van der Waals surface area contributed by atoms with Crippen molar-refractivity contribution in [1.82, 2.24) is 16.0 Å². The molecule has 0 aliphatic carbocycles. The van der Waals surface area contributed by atoms with Gasteiger partial charge in [0.05, 0.1) is 11.6 Å². The standard InChI is InChI=1S/C27H28FN5O2/c1-17-13-23(22-8-3-2-6-19(22)15-29)33-26(30-12-11-18-5-4-7-20(28)14-18)25(17)27(35)31-16-21-9-10-24(34)32-21/h2-8,13-14,17,21,25H,9-12,16H2,1H3,(H,30,33)(H,31,35)(H,32,34)/t17?,21-,25?/m1/s1. The number of nitrogens with one attached hydrogen (secondary N) is 3. The highest BCUT2D eigenvalue weighted by atomic mass is 19.1. The maximum atomic E-state index is 13.6. The van der Waals surface area contributed by atoms with E-state index in [1.165, 1.54) is 12.1 Å². The summed E-state index contributed by atoms with van der Waals surface area (Å²) in [5.41, 5.74) is 2.82. The van der Waals surface area contributed by atoms with E-state index in [2.05, 4.69) is 22.0 Å². The van der Waals surface area contributed by atoms with Gasteiger partial charge in [-0.15, -0.1) is 0 Å². The summed E-state index contributed by atoms with van der Waals surface area (Å²) in [7, 11) is 0. The van der Waals surface area contributed by atoms with Crippen LogP contribution in [0.4, 0.5) is 4.39 Å². The van der Waals surface area contributed by atoms with Gasteiger partial charge in [-0.05, 0) is 42.5 Å². The van der Waals surface area contributed by atoms with Crippen molar-refractivity contribution in [2.24, 2.45) is 16.8 Å². The molecule has 1 fully saturated rings. The number of carbonyl (C=O) groups is 2. The molecule has 0 radical (unpaired) electrons. The van der Waals surface area contributed by atoms with Gasteiger partial charge in [0.2, 0.25) is 11.8 Å². The predicted octanol–water partition coefficient (Wildman–Crippen LogP) is 2.93. The first-order valence-electron chi connectivity index (χ1n) is 11.8. The number of aliphatic imine (C=N–C) groups is 1. The van der Waals surface area contributed by atoms with E-state index in [9.17, 15) is 19.2 Å². The average Bonchev–Trinajstić information content (AvgIpc) is 3.27. The Morgan fingerprint density at radius 2 is 2.09 bits per heavy atom.